The van der Waals surface area contributed by atoms with E-state index in [2.05, 4.69) is 92.7 Å². The molecule has 0 saturated heterocycles. The van der Waals surface area contributed by atoms with Gasteiger partial charge < -0.3 is 8.83 Å². The molecule has 0 unspecified atom stereocenters. The molecule has 5 heteroatoms. The van der Waals surface area contributed by atoms with Crippen molar-refractivity contribution in [2.75, 3.05) is 0 Å². The third-order valence-corrected chi connectivity index (χ3v) is 11.0. The zero-order chi connectivity index (χ0) is 35.3. The summed E-state index contributed by atoms with van der Waals surface area (Å²) in [7, 11) is 0. The molecule has 0 radical (unpaired) electrons. The van der Waals surface area contributed by atoms with Crippen LogP contribution in [0.5, 0.6) is 0 Å². The lowest BCUT2D eigenvalue weighted by molar-refractivity contribution is 0.660. The maximum absolute atomic E-state index is 6.52. The van der Waals surface area contributed by atoms with E-state index in [1.807, 2.05) is 72.8 Å². The molecule has 10 aromatic rings. The monoisotopic (exact) mass is 681 g/mol. The second-order valence-electron chi connectivity index (χ2n) is 14.4. The lowest BCUT2D eigenvalue weighted by Crippen LogP contribution is -2.14. The summed E-state index contributed by atoms with van der Waals surface area (Å²) in [6.07, 6.45) is 0. The average Bonchev–Trinajstić information content (AvgIpc) is 3.85. The van der Waals surface area contributed by atoms with Crippen molar-refractivity contribution >= 4 is 43.9 Å². The van der Waals surface area contributed by atoms with E-state index in [4.69, 9.17) is 23.8 Å². The zero-order valence-electron chi connectivity index (χ0n) is 29.1. The van der Waals surface area contributed by atoms with E-state index in [0.717, 1.165) is 66.1 Å². The Labute approximate surface area is 305 Å². The highest BCUT2D eigenvalue weighted by atomic mass is 16.3. The van der Waals surface area contributed by atoms with Gasteiger partial charge in [-0.05, 0) is 75.8 Å². The first-order valence-electron chi connectivity index (χ1n) is 17.9. The lowest BCUT2D eigenvalue weighted by Gasteiger charge is -2.21. The van der Waals surface area contributed by atoms with Crippen molar-refractivity contribution < 1.29 is 8.83 Å². The van der Waals surface area contributed by atoms with Crippen LogP contribution >= 0.6 is 0 Å². The van der Waals surface area contributed by atoms with Gasteiger partial charge in [0.2, 0.25) is 0 Å². The highest BCUT2D eigenvalue weighted by Gasteiger charge is 2.36. The number of rotatable bonds is 4. The van der Waals surface area contributed by atoms with Crippen molar-refractivity contribution in [1.29, 1.82) is 0 Å². The summed E-state index contributed by atoms with van der Waals surface area (Å²) in [6, 6.07) is 52.5. The minimum absolute atomic E-state index is 0.0797. The Morgan fingerprint density at radius 1 is 0.396 bits per heavy atom. The Hall–Kier alpha value is -6.85. The van der Waals surface area contributed by atoms with Gasteiger partial charge in [-0.15, -0.1) is 0 Å². The Morgan fingerprint density at radius 2 is 0.981 bits per heavy atom. The van der Waals surface area contributed by atoms with Crippen molar-refractivity contribution in [2.45, 2.75) is 19.3 Å². The van der Waals surface area contributed by atoms with E-state index < -0.39 is 0 Å². The minimum Gasteiger partial charge on any atom is -0.456 e. The number of benzene rings is 7. The van der Waals surface area contributed by atoms with Gasteiger partial charge in [-0.1, -0.05) is 123 Å². The summed E-state index contributed by atoms with van der Waals surface area (Å²) in [5.74, 6) is 1.78. The van der Waals surface area contributed by atoms with Gasteiger partial charge >= 0.3 is 0 Å². The number of nitrogens with zero attached hydrogens (tertiary/aromatic N) is 3. The van der Waals surface area contributed by atoms with Gasteiger partial charge in [0.05, 0.1) is 0 Å². The summed E-state index contributed by atoms with van der Waals surface area (Å²) in [4.78, 5) is 15.3. The van der Waals surface area contributed by atoms with Gasteiger partial charge in [0.15, 0.2) is 17.5 Å². The van der Waals surface area contributed by atoms with Gasteiger partial charge in [0, 0.05) is 43.7 Å². The van der Waals surface area contributed by atoms with E-state index in [1.165, 1.54) is 27.8 Å². The third-order valence-electron chi connectivity index (χ3n) is 11.0. The Balaban J connectivity index is 1.13. The lowest BCUT2D eigenvalue weighted by atomic mass is 9.82. The molecule has 7 aromatic carbocycles. The van der Waals surface area contributed by atoms with E-state index in [1.54, 1.807) is 0 Å². The number of fused-ring (bicyclic) bond motifs is 9. The third kappa shape index (κ3) is 4.47. The normalized spacial score (nSPS) is 13.2. The summed E-state index contributed by atoms with van der Waals surface area (Å²) >= 11 is 0. The molecule has 0 aliphatic heterocycles. The number of hydrogen-bond donors (Lipinski definition) is 0. The Kier molecular flexibility index (Phi) is 6.23. The maximum Gasteiger partial charge on any atom is 0.164 e. The molecule has 5 nitrogen and oxygen atoms in total. The van der Waals surface area contributed by atoms with Crippen LogP contribution in [0.1, 0.15) is 25.0 Å². The molecule has 0 fully saturated rings. The van der Waals surface area contributed by atoms with E-state index in [-0.39, 0.29) is 5.41 Å². The van der Waals surface area contributed by atoms with Crippen molar-refractivity contribution in [3.05, 3.63) is 163 Å². The van der Waals surface area contributed by atoms with Gasteiger partial charge in [-0.3, -0.25) is 0 Å². The molecule has 0 bridgehead atoms. The van der Waals surface area contributed by atoms with Crippen molar-refractivity contribution in [1.82, 2.24) is 15.0 Å². The number of furan rings is 2. The fraction of sp³-hybridized carbons (Fsp3) is 0.0625. The molecule has 1 aliphatic rings. The first-order chi connectivity index (χ1) is 26.0. The molecule has 3 heterocycles. The van der Waals surface area contributed by atoms with Crippen LogP contribution in [0.3, 0.4) is 0 Å². The number of aromatic nitrogens is 3. The van der Waals surface area contributed by atoms with Crippen LogP contribution in [0.15, 0.2) is 160 Å². The van der Waals surface area contributed by atoms with Gasteiger partial charge in [0.1, 0.15) is 22.3 Å². The molecule has 0 atom stereocenters. The van der Waals surface area contributed by atoms with Crippen molar-refractivity contribution in [3.63, 3.8) is 0 Å². The highest BCUT2D eigenvalue weighted by Crippen LogP contribution is 2.52. The summed E-state index contributed by atoms with van der Waals surface area (Å²) in [5, 5.41) is 4.08. The molecule has 0 amide bonds. The fourth-order valence-electron chi connectivity index (χ4n) is 8.38. The topological polar surface area (TPSA) is 65.0 Å². The van der Waals surface area contributed by atoms with Crippen LogP contribution < -0.4 is 0 Å². The van der Waals surface area contributed by atoms with Crippen molar-refractivity contribution in [2.24, 2.45) is 0 Å². The quantitative estimate of drug-likeness (QED) is 0.185. The van der Waals surface area contributed by atoms with Crippen LogP contribution in [0.25, 0.3) is 100 Å². The molecule has 1 aliphatic carbocycles. The largest absolute Gasteiger partial charge is 0.456 e. The van der Waals surface area contributed by atoms with E-state index >= 15 is 0 Å². The van der Waals surface area contributed by atoms with Crippen LogP contribution in [-0.4, -0.2) is 15.0 Å². The van der Waals surface area contributed by atoms with Gasteiger partial charge in [-0.25, -0.2) is 15.0 Å². The molecule has 250 valence electrons. The fourth-order valence-corrected chi connectivity index (χ4v) is 8.38. The second kappa shape index (κ2) is 11.1. The molecule has 0 N–H and O–H groups in total. The first-order valence-corrected chi connectivity index (χ1v) is 17.9. The first kappa shape index (κ1) is 29.8. The standard InChI is InChI=1S/C48H31N3O2/c1-48(2)37-18-8-6-15-33(37)43-31(16-10-19-38(43)48)29-22-24-41-36(26-29)44-34(17-11-21-42(44)53-41)47-50-45(28-12-4-3-5-13-28)49-46(51-47)30-23-25-40-35(27-30)32-14-7-9-20-39(32)52-40/h3-27H,1-2H3. The molecule has 3 aromatic heterocycles. The second-order valence-corrected chi connectivity index (χ2v) is 14.4. The predicted molar refractivity (Wildman–Crippen MR) is 214 cm³/mol. The molecule has 0 saturated carbocycles. The van der Waals surface area contributed by atoms with Crippen LogP contribution in [-0.2, 0) is 5.41 Å². The van der Waals surface area contributed by atoms with Crippen LogP contribution in [0, 0.1) is 0 Å². The predicted octanol–water partition coefficient (Wildman–Crippen LogP) is 12.6. The smallest absolute Gasteiger partial charge is 0.164 e. The summed E-state index contributed by atoms with van der Waals surface area (Å²) < 4.78 is 12.7. The molecule has 0 spiro atoms. The molecule has 11 rings (SSSR count). The van der Waals surface area contributed by atoms with E-state index in [9.17, 15) is 0 Å². The van der Waals surface area contributed by atoms with E-state index in [0.29, 0.717) is 17.5 Å². The Morgan fingerprint density at radius 3 is 1.87 bits per heavy atom. The summed E-state index contributed by atoms with van der Waals surface area (Å²) in [6.45, 7) is 4.64. The van der Waals surface area contributed by atoms with Gasteiger partial charge in [0.25, 0.3) is 0 Å². The average molecular weight is 682 g/mol. The van der Waals surface area contributed by atoms with Crippen LogP contribution in [0.4, 0.5) is 0 Å². The minimum atomic E-state index is -0.0797. The molecular formula is C48H31N3O2. The zero-order valence-corrected chi connectivity index (χ0v) is 29.1. The number of hydrogen-bond acceptors (Lipinski definition) is 5. The van der Waals surface area contributed by atoms with Gasteiger partial charge in [-0.2, -0.15) is 0 Å². The van der Waals surface area contributed by atoms with Crippen LogP contribution in [0.2, 0.25) is 0 Å². The Bertz CT molecular complexity index is 3100. The number of para-hydroxylation sites is 1. The molecule has 53 heavy (non-hydrogen) atoms. The van der Waals surface area contributed by atoms with Crippen molar-refractivity contribution in [3.8, 4) is 56.4 Å². The SMILES string of the molecule is CC1(C)c2ccccc2-c2c(-c3ccc4oc5cccc(-c6nc(-c7ccccc7)nc(-c7ccc8oc9ccccc9c8c7)n6)c5c4c3)cccc21. The maximum atomic E-state index is 6.52. The highest BCUT2D eigenvalue weighted by molar-refractivity contribution is 6.13. The molecular weight excluding hydrogens is 651 g/mol. The summed E-state index contributed by atoms with van der Waals surface area (Å²) in [5.41, 5.74) is 13.6.